The smallest absolute Gasteiger partial charge is 0.341 e. The lowest BCUT2D eigenvalue weighted by atomic mass is 10.0. The Hall–Kier alpha value is -2.76. The molecule has 168 valence electrons. The predicted molar refractivity (Wildman–Crippen MR) is 127 cm³/mol. The van der Waals surface area contributed by atoms with E-state index in [2.05, 4.69) is 0 Å². The SMILES string of the molecule is CCOC(=O)c1c(C(=O)OC(C)(C)C)c(-c2ccc(Cl)cc2)n(-c2ccc(Cl)cc2)c1C. The Balaban J connectivity index is 2.41. The molecule has 5 nitrogen and oxygen atoms in total. The highest BCUT2D eigenvalue weighted by molar-refractivity contribution is 6.31. The van der Waals surface area contributed by atoms with E-state index in [-0.39, 0.29) is 17.7 Å². The van der Waals surface area contributed by atoms with Gasteiger partial charge in [-0.05, 0) is 76.6 Å². The Morgan fingerprint density at radius 1 is 0.875 bits per heavy atom. The molecule has 1 aromatic heterocycles. The van der Waals surface area contributed by atoms with Crippen molar-refractivity contribution in [1.82, 2.24) is 4.57 Å². The molecule has 0 saturated heterocycles. The molecule has 3 rings (SSSR count). The summed E-state index contributed by atoms with van der Waals surface area (Å²) in [6, 6.07) is 14.2. The zero-order chi connectivity index (χ0) is 23.6. The van der Waals surface area contributed by atoms with Crippen LogP contribution in [0.15, 0.2) is 48.5 Å². The average molecular weight is 474 g/mol. The Bertz CT molecular complexity index is 1140. The number of esters is 2. The second kappa shape index (κ2) is 9.39. The molecule has 7 heteroatoms. The molecule has 0 amide bonds. The maximum atomic E-state index is 13.4. The summed E-state index contributed by atoms with van der Waals surface area (Å²) in [5.74, 6) is -1.20. The first-order chi connectivity index (χ1) is 15.0. The molecule has 0 fully saturated rings. The number of hydrogen-bond acceptors (Lipinski definition) is 4. The molecule has 2 aromatic carbocycles. The number of halogens is 2. The number of rotatable bonds is 5. The van der Waals surface area contributed by atoms with Gasteiger partial charge in [0.15, 0.2) is 0 Å². The van der Waals surface area contributed by atoms with Gasteiger partial charge >= 0.3 is 11.9 Å². The summed E-state index contributed by atoms with van der Waals surface area (Å²) in [4.78, 5) is 26.4. The topological polar surface area (TPSA) is 57.5 Å². The van der Waals surface area contributed by atoms with Crippen LogP contribution in [0.1, 0.15) is 54.1 Å². The van der Waals surface area contributed by atoms with Crippen molar-refractivity contribution < 1.29 is 19.1 Å². The molecule has 0 saturated carbocycles. The minimum Gasteiger partial charge on any atom is -0.462 e. The fraction of sp³-hybridized carbons (Fsp3) is 0.280. The van der Waals surface area contributed by atoms with Gasteiger partial charge in [-0.25, -0.2) is 9.59 Å². The van der Waals surface area contributed by atoms with Crippen LogP contribution in [0.5, 0.6) is 0 Å². The van der Waals surface area contributed by atoms with Crippen molar-refractivity contribution >= 4 is 35.1 Å². The molecular formula is C25H25Cl2NO4. The Kier molecular flexibility index (Phi) is 7.01. The van der Waals surface area contributed by atoms with Gasteiger partial charge in [-0.1, -0.05) is 35.3 Å². The molecular weight excluding hydrogens is 449 g/mol. The maximum Gasteiger partial charge on any atom is 0.341 e. The highest BCUT2D eigenvalue weighted by Gasteiger charge is 2.34. The summed E-state index contributed by atoms with van der Waals surface area (Å²) in [5, 5.41) is 1.13. The van der Waals surface area contributed by atoms with E-state index in [0.29, 0.717) is 27.0 Å². The van der Waals surface area contributed by atoms with Crippen LogP contribution in [0.2, 0.25) is 10.0 Å². The Morgan fingerprint density at radius 2 is 1.41 bits per heavy atom. The lowest BCUT2D eigenvalue weighted by molar-refractivity contribution is 0.00656. The Labute approximate surface area is 197 Å². The largest absolute Gasteiger partial charge is 0.462 e. The summed E-state index contributed by atoms with van der Waals surface area (Å²) >= 11 is 12.2. The van der Waals surface area contributed by atoms with Gasteiger partial charge in [0.25, 0.3) is 0 Å². The second-order valence-corrected chi connectivity index (χ2v) is 9.10. The van der Waals surface area contributed by atoms with Gasteiger partial charge in [-0.15, -0.1) is 0 Å². The first-order valence-electron chi connectivity index (χ1n) is 10.2. The predicted octanol–water partition coefficient (Wildman–Crippen LogP) is 6.89. The lowest BCUT2D eigenvalue weighted by Gasteiger charge is -2.20. The van der Waals surface area contributed by atoms with Crippen LogP contribution >= 0.6 is 23.2 Å². The number of hydrogen-bond donors (Lipinski definition) is 0. The summed E-state index contributed by atoms with van der Waals surface area (Å²) in [5.41, 5.74) is 2.06. The molecule has 0 atom stereocenters. The van der Waals surface area contributed by atoms with E-state index in [1.807, 2.05) is 16.7 Å². The minimum absolute atomic E-state index is 0.146. The van der Waals surface area contributed by atoms with Gasteiger partial charge in [0, 0.05) is 21.4 Å². The van der Waals surface area contributed by atoms with E-state index >= 15 is 0 Å². The van der Waals surface area contributed by atoms with Crippen molar-refractivity contribution in [2.75, 3.05) is 6.61 Å². The summed E-state index contributed by atoms with van der Waals surface area (Å²) in [6.45, 7) is 9.00. The van der Waals surface area contributed by atoms with Gasteiger partial charge < -0.3 is 14.0 Å². The van der Waals surface area contributed by atoms with Crippen molar-refractivity contribution in [1.29, 1.82) is 0 Å². The zero-order valence-corrected chi connectivity index (χ0v) is 20.2. The lowest BCUT2D eigenvalue weighted by Crippen LogP contribution is -2.25. The number of carbonyl (C=O) groups is 2. The number of aromatic nitrogens is 1. The maximum absolute atomic E-state index is 13.4. The molecule has 3 aromatic rings. The van der Waals surface area contributed by atoms with E-state index < -0.39 is 17.5 Å². The first-order valence-corrected chi connectivity index (χ1v) is 11.0. The van der Waals surface area contributed by atoms with Gasteiger partial charge in [0.05, 0.1) is 17.9 Å². The molecule has 0 N–H and O–H groups in total. The van der Waals surface area contributed by atoms with E-state index in [1.165, 1.54) is 0 Å². The van der Waals surface area contributed by atoms with Crippen LogP contribution in [0.25, 0.3) is 16.9 Å². The van der Waals surface area contributed by atoms with Crippen molar-refractivity contribution in [3.05, 3.63) is 75.4 Å². The zero-order valence-electron chi connectivity index (χ0n) is 18.7. The second-order valence-electron chi connectivity index (χ2n) is 8.23. The molecule has 0 aliphatic carbocycles. The summed E-state index contributed by atoms with van der Waals surface area (Å²) in [6.07, 6.45) is 0. The third-order valence-corrected chi connectivity index (χ3v) is 5.20. The van der Waals surface area contributed by atoms with Crippen LogP contribution < -0.4 is 0 Å². The van der Waals surface area contributed by atoms with E-state index in [9.17, 15) is 9.59 Å². The van der Waals surface area contributed by atoms with Gasteiger partial charge in [0.1, 0.15) is 11.2 Å². The standard InChI is InChI=1S/C25H25Cl2NO4/c1-6-31-23(29)20-15(2)28(19-13-11-18(27)12-14-19)22(16-7-9-17(26)10-8-16)21(20)24(30)32-25(3,4)5/h7-14H,6H2,1-5H3. The molecule has 32 heavy (non-hydrogen) atoms. The molecule has 0 aliphatic rings. The molecule has 0 spiro atoms. The van der Waals surface area contributed by atoms with E-state index in [0.717, 1.165) is 5.69 Å². The molecule has 0 aliphatic heterocycles. The third-order valence-electron chi connectivity index (χ3n) is 4.69. The van der Waals surface area contributed by atoms with E-state index in [1.54, 1.807) is 71.0 Å². The van der Waals surface area contributed by atoms with Crippen molar-refractivity contribution in [2.45, 2.75) is 40.2 Å². The van der Waals surface area contributed by atoms with Crippen LogP contribution in [-0.2, 0) is 9.47 Å². The molecule has 0 radical (unpaired) electrons. The normalized spacial score (nSPS) is 11.3. The van der Waals surface area contributed by atoms with Crippen LogP contribution in [0.4, 0.5) is 0 Å². The minimum atomic E-state index is -0.753. The number of benzene rings is 2. The van der Waals surface area contributed by atoms with Crippen LogP contribution in [0, 0.1) is 6.92 Å². The van der Waals surface area contributed by atoms with Gasteiger partial charge in [-0.2, -0.15) is 0 Å². The average Bonchev–Trinajstić information content (AvgIpc) is 3.01. The van der Waals surface area contributed by atoms with Crippen molar-refractivity contribution in [3.63, 3.8) is 0 Å². The molecule has 0 bridgehead atoms. The quantitative estimate of drug-likeness (QED) is 0.378. The number of ether oxygens (including phenoxy) is 2. The Morgan fingerprint density at radius 3 is 1.91 bits per heavy atom. The van der Waals surface area contributed by atoms with Crippen LogP contribution in [0.3, 0.4) is 0 Å². The highest BCUT2D eigenvalue weighted by atomic mass is 35.5. The molecule has 0 unspecified atom stereocenters. The van der Waals surface area contributed by atoms with Crippen molar-refractivity contribution in [2.24, 2.45) is 0 Å². The fourth-order valence-electron chi connectivity index (χ4n) is 3.47. The summed E-state index contributed by atoms with van der Waals surface area (Å²) in [7, 11) is 0. The highest BCUT2D eigenvalue weighted by Crippen LogP contribution is 2.37. The molecule has 1 heterocycles. The first kappa shape index (κ1) is 23.9. The monoisotopic (exact) mass is 473 g/mol. The van der Waals surface area contributed by atoms with Crippen LogP contribution in [-0.4, -0.2) is 28.7 Å². The van der Waals surface area contributed by atoms with Crippen molar-refractivity contribution in [3.8, 4) is 16.9 Å². The van der Waals surface area contributed by atoms with Gasteiger partial charge in [0.2, 0.25) is 0 Å². The number of nitrogens with zero attached hydrogens (tertiary/aromatic N) is 1. The van der Waals surface area contributed by atoms with Gasteiger partial charge in [-0.3, -0.25) is 0 Å². The number of carbonyl (C=O) groups excluding carboxylic acids is 2. The third kappa shape index (κ3) is 5.00. The summed E-state index contributed by atoms with van der Waals surface area (Å²) < 4.78 is 12.8. The fourth-order valence-corrected chi connectivity index (χ4v) is 3.72. The van der Waals surface area contributed by atoms with E-state index in [4.69, 9.17) is 32.7 Å².